The zero-order valence-corrected chi connectivity index (χ0v) is 14.3. The van der Waals surface area contributed by atoms with Crippen LogP contribution in [0.2, 0.25) is 0 Å². The Morgan fingerprint density at radius 1 is 0.958 bits per heavy atom. The van der Waals surface area contributed by atoms with E-state index in [1.807, 2.05) is 50.0 Å². The molecule has 4 rings (SSSR count). The van der Waals surface area contributed by atoms with Gasteiger partial charge in [-0.1, -0.05) is 6.07 Å². The van der Waals surface area contributed by atoms with Crippen molar-refractivity contribution in [1.29, 1.82) is 0 Å². The van der Waals surface area contributed by atoms with Crippen LogP contribution in [-0.4, -0.2) is 33.0 Å². The minimum Gasteiger partial charge on any atom is -0.351 e. The predicted octanol–water partition coefficient (Wildman–Crippen LogP) is 3.94. The minimum atomic E-state index is 0.610. The standard InChI is InChI=1S/C10H14N2.C10H10N2/c2*1-12-7-3-5-10(12)9-4-2-6-11-8-9/h2,4,6,8,10H,3,5,7H2,1H3;2-8H,1H3/t10-;/m0./s1. The maximum Gasteiger partial charge on any atom is 0.0493 e. The Morgan fingerprint density at radius 3 is 2.29 bits per heavy atom. The smallest absolute Gasteiger partial charge is 0.0493 e. The molecule has 0 aliphatic carbocycles. The fraction of sp³-hybridized carbons (Fsp3) is 0.300. The normalized spacial score (nSPS) is 17.3. The number of aromatic nitrogens is 3. The molecule has 4 heteroatoms. The van der Waals surface area contributed by atoms with E-state index in [4.69, 9.17) is 0 Å². The van der Waals surface area contributed by atoms with Crippen LogP contribution in [-0.2, 0) is 7.05 Å². The molecular formula is C20H24N4. The zero-order valence-electron chi connectivity index (χ0n) is 14.3. The van der Waals surface area contributed by atoms with Gasteiger partial charge in [0.2, 0.25) is 0 Å². The lowest BCUT2D eigenvalue weighted by Gasteiger charge is -2.18. The average Bonchev–Trinajstić information content (AvgIpc) is 3.25. The molecule has 3 aromatic rings. The highest BCUT2D eigenvalue weighted by Gasteiger charge is 2.21. The first-order chi connectivity index (χ1) is 11.8. The molecule has 24 heavy (non-hydrogen) atoms. The van der Waals surface area contributed by atoms with E-state index in [9.17, 15) is 0 Å². The van der Waals surface area contributed by atoms with Crippen molar-refractivity contribution in [3.63, 3.8) is 0 Å². The Kier molecular flexibility index (Phi) is 5.39. The monoisotopic (exact) mass is 320 g/mol. The molecule has 0 spiro atoms. The van der Waals surface area contributed by atoms with E-state index in [2.05, 4.69) is 44.7 Å². The number of hydrogen-bond donors (Lipinski definition) is 0. The molecule has 0 saturated carbocycles. The minimum absolute atomic E-state index is 0.610. The Labute approximate surface area is 143 Å². The van der Waals surface area contributed by atoms with Crippen LogP contribution in [0.15, 0.2) is 67.4 Å². The molecule has 0 unspecified atom stereocenters. The molecule has 1 aliphatic rings. The first-order valence-electron chi connectivity index (χ1n) is 8.37. The van der Waals surface area contributed by atoms with Gasteiger partial charge in [-0.2, -0.15) is 0 Å². The summed E-state index contributed by atoms with van der Waals surface area (Å²) in [6.45, 7) is 1.22. The lowest BCUT2D eigenvalue weighted by molar-refractivity contribution is 0.317. The molecule has 1 aliphatic heterocycles. The van der Waals surface area contributed by atoms with Gasteiger partial charge >= 0.3 is 0 Å². The second-order valence-corrected chi connectivity index (χ2v) is 6.17. The number of likely N-dealkylation sites (tertiary alicyclic amines) is 1. The fourth-order valence-electron chi connectivity index (χ4n) is 3.18. The first kappa shape index (κ1) is 16.4. The average molecular weight is 320 g/mol. The van der Waals surface area contributed by atoms with Crippen molar-refractivity contribution in [2.24, 2.45) is 7.05 Å². The highest BCUT2D eigenvalue weighted by Crippen LogP contribution is 2.29. The number of rotatable bonds is 2. The van der Waals surface area contributed by atoms with E-state index in [0.29, 0.717) is 6.04 Å². The molecule has 1 fully saturated rings. The van der Waals surface area contributed by atoms with E-state index in [1.165, 1.54) is 30.6 Å². The van der Waals surface area contributed by atoms with Gasteiger partial charge < -0.3 is 4.57 Å². The summed E-state index contributed by atoms with van der Waals surface area (Å²) in [5.41, 5.74) is 3.71. The van der Waals surface area contributed by atoms with Gasteiger partial charge in [-0.3, -0.25) is 14.9 Å². The van der Waals surface area contributed by atoms with Crippen molar-refractivity contribution >= 4 is 0 Å². The summed E-state index contributed by atoms with van der Waals surface area (Å²) in [6.07, 6.45) is 12.1. The molecule has 4 nitrogen and oxygen atoms in total. The van der Waals surface area contributed by atoms with Crippen molar-refractivity contribution in [3.05, 3.63) is 72.9 Å². The van der Waals surface area contributed by atoms with Crippen molar-refractivity contribution in [1.82, 2.24) is 19.4 Å². The summed E-state index contributed by atoms with van der Waals surface area (Å²) in [5, 5.41) is 0. The molecule has 0 radical (unpaired) electrons. The number of pyridine rings is 2. The van der Waals surface area contributed by atoms with E-state index in [0.717, 1.165) is 5.56 Å². The van der Waals surface area contributed by atoms with Crippen LogP contribution in [0.4, 0.5) is 0 Å². The van der Waals surface area contributed by atoms with Crippen molar-refractivity contribution < 1.29 is 0 Å². The zero-order chi connectivity index (χ0) is 16.8. The van der Waals surface area contributed by atoms with Crippen LogP contribution in [0, 0.1) is 0 Å². The SMILES string of the molecule is CN1CCC[C@H]1c1cccnc1.Cn1cccc1-c1cccnc1. The molecule has 1 saturated heterocycles. The second-order valence-electron chi connectivity index (χ2n) is 6.17. The van der Waals surface area contributed by atoms with Crippen molar-refractivity contribution in [2.75, 3.05) is 13.6 Å². The molecule has 0 aromatic carbocycles. The predicted molar refractivity (Wildman–Crippen MR) is 97.5 cm³/mol. The summed E-state index contributed by atoms with van der Waals surface area (Å²) in [6, 6.07) is 12.9. The third-order valence-electron chi connectivity index (χ3n) is 4.49. The Balaban J connectivity index is 0.000000141. The van der Waals surface area contributed by atoms with Gasteiger partial charge in [-0.15, -0.1) is 0 Å². The van der Waals surface area contributed by atoms with Crippen molar-refractivity contribution in [3.8, 4) is 11.3 Å². The Hall–Kier alpha value is -2.46. The molecular weight excluding hydrogens is 296 g/mol. The van der Waals surface area contributed by atoms with Crippen LogP contribution in [0.1, 0.15) is 24.4 Å². The lowest BCUT2D eigenvalue weighted by atomic mass is 10.1. The molecule has 0 amide bonds. The van der Waals surface area contributed by atoms with E-state index in [-0.39, 0.29) is 0 Å². The number of aryl methyl sites for hydroxylation is 1. The molecule has 3 aromatic heterocycles. The Morgan fingerprint density at radius 2 is 1.75 bits per heavy atom. The summed E-state index contributed by atoms with van der Waals surface area (Å²) in [7, 11) is 4.22. The van der Waals surface area contributed by atoms with Crippen molar-refractivity contribution in [2.45, 2.75) is 18.9 Å². The lowest BCUT2D eigenvalue weighted by Crippen LogP contribution is -2.17. The van der Waals surface area contributed by atoms with E-state index >= 15 is 0 Å². The van der Waals surface area contributed by atoms with Gasteiger partial charge in [-0.05, 0) is 62.3 Å². The summed E-state index contributed by atoms with van der Waals surface area (Å²) in [4.78, 5) is 10.6. The van der Waals surface area contributed by atoms with Gasteiger partial charge in [0.05, 0.1) is 0 Å². The van der Waals surface area contributed by atoms with Crippen LogP contribution >= 0.6 is 0 Å². The van der Waals surface area contributed by atoms with Crippen LogP contribution in [0.25, 0.3) is 11.3 Å². The number of hydrogen-bond acceptors (Lipinski definition) is 3. The van der Waals surface area contributed by atoms with Gasteiger partial charge in [0.15, 0.2) is 0 Å². The van der Waals surface area contributed by atoms with Gasteiger partial charge in [0.1, 0.15) is 0 Å². The molecule has 4 heterocycles. The fourth-order valence-corrected chi connectivity index (χ4v) is 3.18. The Bertz CT molecular complexity index is 737. The van der Waals surface area contributed by atoms with E-state index in [1.54, 1.807) is 6.20 Å². The van der Waals surface area contributed by atoms with Gasteiger partial charge in [0.25, 0.3) is 0 Å². The molecule has 1 atom stereocenters. The van der Waals surface area contributed by atoms with Crippen LogP contribution in [0.5, 0.6) is 0 Å². The van der Waals surface area contributed by atoms with Crippen LogP contribution < -0.4 is 0 Å². The maximum absolute atomic E-state index is 4.14. The third kappa shape index (κ3) is 3.89. The topological polar surface area (TPSA) is 34.0 Å². The quantitative estimate of drug-likeness (QED) is 0.717. The summed E-state index contributed by atoms with van der Waals surface area (Å²) >= 11 is 0. The highest BCUT2D eigenvalue weighted by atomic mass is 15.1. The third-order valence-corrected chi connectivity index (χ3v) is 4.49. The van der Waals surface area contributed by atoms with Crippen LogP contribution in [0.3, 0.4) is 0 Å². The highest BCUT2D eigenvalue weighted by molar-refractivity contribution is 5.58. The van der Waals surface area contributed by atoms with E-state index < -0.39 is 0 Å². The second kappa shape index (κ2) is 7.88. The van der Waals surface area contributed by atoms with Gasteiger partial charge in [-0.25, -0.2) is 0 Å². The first-order valence-corrected chi connectivity index (χ1v) is 8.37. The molecule has 0 bridgehead atoms. The largest absolute Gasteiger partial charge is 0.351 e. The molecule has 124 valence electrons. The molecule has 0 N–H and O–H groups in total. The number of nitrogens with zero attached hydrogens (tertiary/aromatic N) is 4. The summed E-state index contributed by atoms with van der Waals surface area (Å²) < 4.78 is 2.08. The van der Waals surface area contributed by atoms with Gasteiger partial charge in [0, 0.05) is 55.3 Å². The summed E-state index contributed by atoms with van der Waals surface area (Å²) in [5.74, 6) is 0. The maximum atomic E-state index is 4.14.